The number of allylic oxidation sites excluding steroid dienone is 1. The summed E-state index contributed by atoms with van der Waals surface area (Å²) in [5.41, 5.74) is 5.13. The van der Waals surface area contributed by atoms with Crippen LogP contribution in [-0.2, 0) is 17.9 Å². The van der Waals surface area contributed by atoms with Crippen LogP contribution in [0.4, 0.5) is 4.39 Å². The fourth-order valence-electron chi connectivity index (χ4n) is 1.70. The van der Waals surface area contributed by atoms with Crippen molar-refractivity contribution in [2.75, 3.05) is 5.75 Å². The Morgan fingerprint density at radius 3 is 2.96 bits per heavy atom. The molecule has 0 unspecified atom stereocenters. The van der Waals surface area contributed by atoms with Gasteiger partial charge in [-0.15, -0.1) is 16.8 Å². The molecule has 0 atom stereocenters. The van der Waals surface area contributed by atoms with Crippen LogP contribution in [0.5, 0.6) is 5.75 Å². The number of amides is 1. The van der Waals surface area contributed by atoms with E-state index in [2.05, 4.69) is 16.8 Å². The number of rotatable bonds is 8. The largest absolute Gasteiger partial charge is 0.486 e. The summed E-state index contributed by atoms with van der Waals surface area (Å²) in [7, 11) is 0. The van der Waals surface area contributed by atoms with Crippen LogP contribution in [-0.4, -0.2) is 26.4 Å². The van der Waals surface area contributed by atoms with Crippen LogP contribution in [0.2, 0.25) is 5.02 Å². The third-order valence-electron chi connectivity index (χ3n) is 2.71. The molecule has 122 valence electrons. The highest BCUT2D eigenvalue weighted by atomic mass is 35.5. The molecule has 0 aliphatic rings. The number of benzene rings is 1. The predicted octanol–water partition coefficient (Wildman–Crippen LogP) is 2.41. The Balaban J connectivity index is 2.10. The zero-order valence-electron chi connectivity index (χ0n) is 12.0. The molecule has 1 aromatic carbocycles. The molecule has 0 bridgehead atoms. The minimum Gasteiger partial charge on any atom is -0.486 e. The molecule has 23 heavy (non-hydrogen) atoms. The number of hydrogen-bond donors (Lipinski definition) is 1. The number of thioether (sulfide) groups is 1. The molecule has 0 fully saturated rings. The quantitative estimate of drug-likeness (QED) is 0.580. The maximum absolute atomic E-state index is 13.1. The van der Waals surface area contributed by atoms with Crippen molar-refractivity contribution in [1.29, 1.82) is 0 Å². The lowest BCUT2D eigenvalue weighted by molar-refractivity contribution is -0.115. The number of halogens is 2. The Hall–Kier alpha value is -2.06. The van der Waals surface area contributed by atoms with Crippen molar-refractivity contribution in [1.82, 2.24) is 14.8 Å². The molecule has 0 aliphatic carbocycles. The van der Waals surface area contributed by atoms with Crippen LogP contribution in [0.1, 0.15) is 5.82 Å². The van der Waals surface area contributed by atoms with Crippen LogP contribution >= 0.6 is 23.4 Å². The smallest absolute Gasteiger partial charge is 0.227 e. The number of hydrogen-bond acceptors (Lipinski definition) is 5. The summed E-state index contributed by atoms with van der Waals surface area (Å²) in [5, 5.41) is 8.55. The fourth-order valence-corrected chi connectivity index (χ4v) is 2.57. The number of nitrogens with zero attached hydrogens (tertiary/aromatic N) is 3. The first-order chi connectivity index (χ1) is 11.0. The van der Waals surface area contributed by atoms with E-state index in [0.717, 1.165) is 0 Å². The summed E-state index contributed by atoms with van der Waals surface area (Å²) >= 11 is 6.89. The van der Waals surface area contributed by atoms with Gasteiger partial charge >= 0.3 is 0 Å². The van der Waals surface area contributed by atoms with E-state index in [0.29, 0.717) is 23.3 Å². The molecule has 2 rings (SSSR count). The van der Waals surface area contributed by atoms with Crippen LogP contribution < -0.4 is 10.5 Å². The number of ether oxygens (including phenoxy) is 1. The monoisotopic (exact) mass is 356 g/mol. The number of primary amides is 1. The van der Waals surface area contributed by atoms with Gasteiger partial charge in [0.1, 0.15) is 18.2 Å². The van der Waals surface area contributed by atoms with Crippen molar-refractivity contribution in [3.8, 4) is 5.75 Å². The van der Waals surface area contributed by atoms with E-state index >= 15 is 0 Å². The van der Waals surface area contributed by atoms with Gasteiger partial charge in [-0.05, 0) is 12.1 Å². The van der Waals surface area contributed by atoms with E-state index in [1.165, 1.54) is 30.0 Å². The molecule has 6 nitrogen and oxygen atoms in total. The molecule has 1 heterocycles. The zero-order valence-corrected chi connectivity index (χ0v) is 13.6. The Bertz CT molecular complexity index is 723. The molecule has 9 heteroatoms. The number of carbonyl (C=O) groups excluding carboxylic acids is 1. The summed E-state index contributed by atoms with van der Waals surface area (Å²) < 4.78 is 20.4. The zero-order chi connectivity index (χ0) is 16.8. The standard InChI is InChI=1S/C14H14ClFN4O2S/c1-2-5-20-13(18-19-14(20)23-8-12(17)21)7-22-9-3-4-11(16)10(15)6-9/h2-4,6H,1,5,7-8H2,(H2,17,21). The first kappa shape index (κ1) is 17.3. The summed E-state index contributed by atoms with van der Waals surface area (Å²) in [5.74, 6) is 0.0954. The molecule has 1 amide bonds. The van der Waals surface area contributed by atoms with Gasteiger partial charge in [0.25, 0.3) is 0 Å². The Morgan fingerprint density at radius 2 is 2.30 bits per heavy atom. The van der Waals surface area contributed by atoms with Crippen molar-refractivity contribution in [3.05, 3.63) is 47.5 Å². The maximum Gasteiger partial charge on any atom is 0.227 e. The first-order valence-electron chi connectivity index (χ1n) is 6.53. The van der Waals surface area contributed by atoms with Crippen molar-refractivity contribution in [2.45, 2.75) is 18.3 Å². The van der Waals surface area contributed by atoms with Crippen molar-refractivity contribution in [2.24, 2.45) is 5.73 Å². The average Bonchev–Trinajstić information content (AvgIpc) is 2.89. The predicted molar refractivity (Wildman–Crippen MR) is 85.9 cm³/mol. The van der Waals surface area contributed by atoms with Gasteiger partial charge in [-0.2, -0.15) is 0 Å². The van der Waals surface area contributed by atoms with Gasteiger partial charge < -0.3 is 10.5 Å². The lowest BCUT2D eigenvalue weighted by Crippen LogP contribution is -2.14. The molecule has 0 aliphatic heterocycles. The third-order valence-corrected chi connectivity index (χ3v) is 3.99. The van der Waals surface area contributed by atoms with Gasteiger partial charge in [0.15, 0.2) is 11.0 Å². The summed E-state index contributed by atoms with van der Waals surface area (Å²) in [4.78, 5) is 10.9. The lowest BCUT2D eigenvalue weighted by Gasteiger charge is -2.09. The van der Waals surface area contributed by atoms with E-state index in [9.17, 15) is 9.18 Å². The second-order valence-electron chi connectivity index (χ2n) is 4.42. The van der Waals surface area contributed by atoms with E-state index < -0.39 is 11.7 Å². The van der Waals surface area contributed by atoms with Gasteiger partial charge in [-0.25, -0.2) is 4.39 Å². The number of aromatic nitrogens is 3. The minimum absolute atomic E-state index is 0.0206. The van der Waals surface area contributed by atoms with Crippen LogP contribution in [0.25, 0.3) is 0 Å². The van der Waals surface area contributed by atoms with Gasteiger partial charge in [0, 0.05) is 12.6 Å². The third kappa shape index (κ3) is 4.70. The molecular formula is C14H14ClFN4O2S. The van der Waals surface area contributed by atoms with Gasteiger partial charge in [-0.3, -0.25) is 9.36 Å². The molecule has 0 saturated heterocycles. The Morgan fingerprint density at radius 1 is 1.52 bits per heavy atom. The Kier molecular flexibility index (Phi) is 6.00. The summed E-state index contributed by atoms with van der Waals surface area (Å²) in [6, 6.07) is 4.08. The topological polar surface area (TPSA) is 83.0 Å². The number of nitrogens with two attached hydrogens (primary N) is 1. The van der Waals surface area contributed by atoms with Crippen LogP contribution in [0.15, 0.2) is 36.0 Å². The van der Waals surface area contributed by atoms with Gasteiger partial charge in [-0.1, -0.05) is 29.4 Å². The lowest BCUT2D eigenvalue weighted by atomic mass is 10.3. The SMILES string of the molecule is C=CCn1c(COc2ccc(F)c(Cl)c2)nnc1SCC(N)=O. The van der Waals surface area contributed by atoms with Gasteiger partial charge in [0.2, 0.25) is 5.91 Å². The highest BCUT2D eigenvalue weighted by molar-refractivity contribution is 7.99. The van der Waals surface area contributed by atoms with E-state index in [1.54, 1.807) is 10.6 Å². The van der Waals surface area contributed by atoms with Crippen LogP contribution in [0, 0.1) is 5.82 Å². The normalized spacial score (nSPS) is 10.5. The average molecular weight is 357 g/mol. The molecule has 0 spiro atoms. The summed E-state index contributed by atoms with van der Waals surface area (Å²) in [6.07, 6.45) is 1.68. The second-order valence-corrected chi connectivity index (χ2v) is 5.77. The first-order valence-corrected chi connectivity index (χ1v) is 7.89. The molecule has 1 aromatic heterocycles. The number of carbonyl (C=O) groups is 1. The minimum atomic E-state index is -0.515. The molecule has 0 radical (unpaired) electrons. The molecule has 2 N–H and O–H groups in total. The fraction of sp³-hybridized carbons (Fsp3) is 0.214. The van der Waals surface area contributed by atoms with Crippen molar-refractivity contribution in [3.63, 3.8) is 0 Å². The van der Waals surface area contributed by atoms with E-state index in [4.69, 9.17) is 22.1 Å². The maximum atomic E-state index is 13.1. The van der Waals surface area contributed by atoms with Crippen LogP contribution in [0.3, 0.4) is 0 Å². The second kappa shape index (κ2) is 7.98. The van der Waals surface area contributed by atoms with Crippen molar-refractivity contribution >= 4 is 29.3 Å². The molecule has 0 saturated carbocycles. The Labute approximate surface area is 141 Å². The van der Waals surface area contributed by atoms with E-state index in [1.807, 2.05) is 0 Å². The van der Waals surface area contributed by atoms with Gasteiger partial charge in [0.05, 0.1) is 10.8 Å². The van der Waals surface area contributed by atoms with E-state index in [-0.39, 0.29) is 17.4 Å². The molecular weight excluding hydrogens is 343 g/mol. The van der Waals surface area contributed by atoms with Crippen molar-refractivity contribution < 1.29 is 13.9 Å². The highest BCUT2D eigenvalue weighted by Gasteiger charge is 2.13. The highest BCUT2D eigenvalue weighted by Crippen LogP contribution is 2.22. The molecule has 2 aromatic rings. The summed E-state index contributed by atoms with van der Waals surface area (Å²) in [6.45, 7) is 4.24.